The van der Waals surface area contributed by atoms with Gasteiger partial charge in [-0.25, -0.2) is 0 Å². The van der Waals surface area contributed by atoms with Crippen molar-refractivity contribution in [2.24, 2.45) is 0 Å². The third kappa shape index (κ3) is 4.41. The van der Waals surface area contributed by atoms with Gasteiger partial charge in [-0.3, -0.25) is 4.79 Å². The highest BCUT2D eigenvalue weighted by molar-refractivity contribution is 7.99. The predicted octanol–water partition coefficient (Wildman–Crippen LogP) is 3.15. The normalized spacial score (nSPS) is 22.4. The van der Waals surface area contributed by atoms with Crippen molar-refractivity contribution in [2.45, 2.75) is 30.6 Å². The molecule has 1 aliphatic carbocycles. The van der Waals surface area contributed by atoms with Gasteiger partial charge in [0.2, 0.25) is 5.91 Å². The third-order valence-electron chi connectivity index (χ3n) is 3.39. The average Bonchev–Trinajstić information content (AvgIpc) is 2.83. The maximum absolute atomic E-state index is 11.9. The van der Waals surface area contributed by atoms with Gasteiger partial charge in [-0.1, -0.05) is 24.1 Å². The smallest absolute Gasteiger partial charge is 0.238 e. The first-order valence-corrected chi connectivity index (χ1v) is 8.17. The van der Waals surface area contributed by atoms with Crippen LogP contribution in [0.2, 0.25) is 5.02 Å². The van der Waals surface area contributed by atoms with Crippen LogP contribution in [-0.4, -0.2) is 30.0 Å². The summed E-state index contributed by atoms with van der Waals surface area (Å²) in [6.07, 6.45) is 5.79. The zero-order valence-electron chi connectivity index (χ0n) is 11.0. The van der Waals surface area contributed by atoms with E-state index in [1.54, 1.807) is 12.1 Å². The van der Waals surface area contributed by atoms with Crippen molar-refractivity contribution in [3.63, 3.8) is 0 Å². The molecule has 0 aliphatic heterocycles. The number of hydrogen-bond acceptors (Lipinski definition) is 3. The summed E-state index contributed by atoms with van der Waals surface area (Å²) < 4.78 is 0. The van der Waals surface area contributed by atoms with E-state index in [0.717, 1.165) is 12.1 Å². The van der Waals surface area contributed by atoms with Crippen LogP contribution in [0.15, 0.2) is 24.3 Å². The lowest BCUT2D eigenvalue weighted by Gasteiger charge is -2.18. The van der Waals surface area contributed by atoms with Crippen LogP contribution in [0, 0.1) is 0 Å². The lowest BCUT2D eigenvalue weighted by molar-refractivity contribution is -0.115. The minimum absolute atomic E-state index is 0.0194. The Balaban J connectivity index is 1.78. The van der Waals surface area contributed by atoms with E-state index in [-0.39, 0.29) is 5.91 Å². The van der Waals surface area contributed by atoms with Gasteiger partial charge in [0.05, 0.1) is 6.54 Å². The largest absolute Gasteiger partial charge is 0.325 e. The van der Waals surface area contributed by atoms with Crippen LogP contribution in [0.4, 0.5) is 5.69 Å². The highest BCUT2D eigenvalue weighted by Crippen LogP contribution is 2.28. The van der Waals surface area contributed by atoms with Crippen LogP contribution >= 0.6 is 23.4 Å². The molecular formula is C14H19ClN2OS. The summed E-state index contributed by atoms with van der Waals surface area (Å²) in [5.41, 5.74) is 0.743. The van der Waals surface area contributed by atoms with Gasteiger partial charge < -0.3 is 10.6 Å². The molecule has 2 atom stereocenters. The van der Waals surface area contributed by atoms with Crippen LogP contribution in [0.25, 0.3) is 0 Å². The summed E-state index contributed by atoms with van der Waals surface area (Å²) in [6, 6.07) is 7.66. The fraction of sp³-hybridized carbons (Fsp3) is 0.500. The molecule has 2 unspecified atom stereocenters. The zero-order valence-corrected chi connectivity index (χ0v) is 12.6. The molecule has 1 aliphatic rings. The molecule has 0 aromatic heterocycles. The van der Waals surface area contributed by atoms with Gasteiger partial charge in [-0.05, 0) is 37.3 Å². The molecule has 19 heavy (non-hydrogen) atoms. The number of carbonyl (C=O) groups is 1. The number of rotatable bonds is 5. The van der Waals surface area contributed by atoms with Crippen molar-refractivity contribution in [2.75, 3.05) is 18.1 Å². The molecular weight excluding hydrogens is 280 g/mol. The SMILES string of the molecule is CSC1CCCC1NCC(=O)Nc1cccc(Cl)c1. The monoisotopic (exact) mass is 298 g/mol. The first-order valence-electron chi connectivity index (χ1n) is 6.50. The maximum atomic E-state index is 11.9. The van der Waals surface area contributed by atoms with E-state index in [0.29, 0.717) is 22.9 Å². The molecule has 1 amide bonds. The summed E-state index contributed by atoms with van der Waals surface area (Å²) in [6.45, 7) is 0.355. The molecule has 0 heterocycles. The fourth-order valence-electron chi connectivity index (χ4n) is 2.44. The summed E-state index contributed by atoms with van der Waals surface area (Å²) >= 11 is 7.76. The molecule has 0 saturated heterocycles. The van der Waals surface area contributed by atoms with Gasteiger partial charge in [0.15, 0.2) is 0 Å². The number of halogens is 1. The minimum atomic E-state index is -0.0194. The number of benzene rings is 1. The van der Waals surface area contributed by atoms with Crippen molar-refractivity contribution >= 4 is 35.0 Å². The van der Waals surface area contributed by atoms with Gasteiger partial charge in [0.25, 0.3) is 0 Å². The maximum Gasteiger partial charge on any atom is 0.238 e. The molecule has 104 valence electrons. The van der Waals surface area contributed by atoms with Crippen molar-refractivity contribution in [3.05, 3.63) is 29.3 Å². The molecule has 1 aromatic carbocycles. The second kappa shape index (κ2) is 7.17. The molecule has 3 nitrogen and oxygen atoms in total. The van der Waals surface area contributed by atoms with E-state index in [9.17, 15) is 4.79 Å². The van der Waals surface area contributed by atoms with Gasteiger partial charge in [-0.15, -0.1) is 0 Å². The first kappa shape index (κ1) is 14.7. The Kier molecular flexibility index (Phi) is 5.55. The Morgan fingerprint density at radius 1 is 1.47 bits per heavy atom. The number of carbonyl (C=O) groups excluding carboxylic acids is 1. The van der Waals surface area contributed by atoms with Gasteiger partial charge in [0.1, 0.15) is 0 Å². The summed E-state index contributed by atoms with van der Waals surface area (Å²) in [5, 5.41) is 7.46. The fourth-order valence-corrected chi connectivity index (χ4v) is 3.59. The topological polar surface area (TPSA) is 41.1 Å². The Morgan fingerprint density at radius 2 is 2.32 bits per heavy atom. The van der Waals surface area contributed by atoms with E-state index in [1.165, 1.54) is 12.8 Å². The third-order valence-corrected chi connectivity index (χ3v) is 4.79. The molecule has 0 radical (unpaired) electrons. The van der Waals surface area contributed by atoms with E-state index in [1.807, 2.05) is 23.9 Å². The van der Waals surface area contributed by atoms with Crippen molar-refractivity contribution in [3.8, 4) is 0 Å². The van der Waals surface area contributed by atoms with Crippen molar-refractivity contribution in [1.82, 2.24) is 5.32 Å². The number of amides is 1. The van der Waals surface area contributed by atoms with Gasteiger partial charge in [0, 0.05) is 22.0 Å². The molecule has 0 bridgehead atoms. The molecule has 1 saturated carbocycles. The van der Waals surface area contributed by atoms with Crippen molar-refractivity contribution < 1.29 is 4.79 Å². The number of hydrogen-bond donors (Lipinski definition) is 2. The Morgan fingerprint density at radius 3 is 3.05 bits per heavy atom. The highest BCUT2D eigenvalue weighted by atomic mass is 35.5. The van der Waals surface area contributed by atoms with Crippen LogP contribution < -0.4 is 10.6 Å². The molecule has 1 fully saturated rings. The van der Waals surface area contributed by atoms with E-state index in [4.69, 9.17) is 11.6 Å². The Hall–Kier alpha value is -0.710. The van der Waals surface area contributed by atoms with Crippen molar-refractivity contribution in [1.29, 1.82) is 0 Å². The van der Waals surface area contributed by atoms with E-state index >= 15 is 0 Å². The molecule has 1 aromatic rings. The molecule has 2 rings (SSSR count). The second-order valence-corrected chi connectivity index (χ2v) is 6.26. The van der Waals surface area contributed by atoms with Crippen LogP contribution in [0.5, 0.6) is 0 Å². The summed E-state index contributed by atoms with van der Waals surface area (Å²) in [4.78, 5) is 11.9. The molecule has 2 N–H and O–H groups in total. The number of thioether (sulfide) groups is 1. The van der Waals surface area contributed by atoms with Gasteiger partial charge in [-0.2, -0.15) is 11.8 Å². The quantitative estimate of drug-likeness (QED) is 0.877. The van der Waals surface area contributed by atoms with Crippen LogP contribution in [0.3, 0.4) is 0 Å². The van der Waals surface area contributed by atoms with Crippen LogP contribution in [-0.2, 0) is 4.79 Å². The lowest BCUT2D eigenvalue weighted by Crippen LogP contribution is -2.39. The predicted molar refractivity (Wildman–Crippen MR) is 83.0 cm³/mol. The van der Waals surface area contributed by atoms with Gasteiger partial charge >= 0.3 is 0 Å². The number of nitrogens with one attached hydrogen (secondary N) is 2. The number of anilines is 1. The standard InChI is InChI=1S/C14H19ClN2OS/c1-19-13-7-3-6-12(13)16-9-14(18)17-11-5-2-4-10(15)8-11/h2,4-5,8,12-13,16H,3,6-7,9H2,1H3,(H,17,18). The summed E-state index contributed by atoms with van der Waals surface area (Å²) in [5.74, 6) is -0.0194. The highest BCUT2D eigenvalue weighted by Gasteiger charge is 2.26. The Labute approximate surface area is 123 Å². The lowest BCUT2D eigenvalue weighted by atomic mass is 10.2. The minimum Gasteiger partial charge on any atom is -0.325 e. The van der Waals surface area contributed by atoms with Crippen LogP contribution in [0.1, 0.15) is 19.3 Å². The van der Waals surface area contributed by atoms with E-state index < -0.39 is 0 Å². The summed E-state index contributed by atoms with van der Waals surface area (Å²) in [7, 11) is 0. The molecule has 5 heteroatoms. The Bertz CT molecular complexity index is 441. The average molecular weight is 299 g/mol. The zero-order chi connectivity index (χ0) is 13.7. The van der Waals surface area contributed by atoms with E-state index in [2.05, 4.69) is 16.9 Å². The molecule has 0 spiro atoms. The first-order chi connectivity index (χ1) is 9.19. The second-order valence-electron chi connectivity index (χ2n) is 4.75.